The van der Waals surface area contributed by atoms with Gasteiger partial charge < -0.3 is 16.0 Å². The van der Waals surface area contributed by atoms with Crippen molar-refractivity contribution in [2.45, 2.75) is 13.8 Å². The van der Waals surface area contributed by atoms with Crippen LogP contribution in [-0.4, -0.2) is 23.1 Å². The third-order valence-corrected chi connectivity index (χ3v) is 2.92. The number of nitrogens with zero attached hydrogens (tertiary/aromatic N) is 3. The standard InChI is InChI=1S/C14H19N5/c1-3-19(4-2)14-9-13(16-10-17-14)18-12-7-5-11(15)6-8-12/h5-10H,3-4,15H2,1-2H3,(H,16,17,18). The average molecular weight is 257 g/mol. The van der Waals surface area contributed by atoms with Crippen molar-refractivity contribution in [3.63, 3.8) is 0 Å². The first-order chi connectivity index (χ1) is 9.22. The van der Waals surface area contributed by atoms with Gasteiger partial charge in [-0.3, -0.25) is 0 Å². The highest BCUT2D eigenvalue weighted by Crippen LogP contribution is 2.19. The van der Waals surface area contributed by atoms with Gasteiger partial charge in [0.15, 0.2) is 0 Å². The smallest absolute Gasteiger partial charge is 0.135 e. The van der Waals surface area contributed by atoms with E-state index in [1.165, 1.54) is 0 Å². The van der Waals surface area contributed by atoms with Gasteiger partial charge in [0.2, 0.25) is 0 Å². The zero-order chi connectivity index (χ0) is 13.7. The van der Waals surface area contributed by atoms with Crippen LogP contribution in [0.25, 0.3) is 0 Å². The van der Waals surface area contributed by atoms with Crippen molar-refractivity contribution in [2.75, 3.05) is 29.0 Å². The molecule has 0 aliphatic rings. The fraction of sp³-hybridized carbons (Fsp3) is 0.286. The van der Waals surface area contributed by atoms with E-state index in [0.29, 0.717) is 0 Å². The van der Waals surface area contributed by atoms with Crippen LogP contribution >= 0.6 is 0 Å². The fourth-order valence-corrected chi connectivity index (χ4v) is 1.85. The van der Waals surface area contributed by atoms with Gasteiger partial charge in [0, 0.05) is 30.5 Å². The number of aromatic nitrogens is 2. The van der Waals surface area contributed by atoms with E-state index < -0.39 is 0 Å². The lowest BCUT2D eigenvalue weighted by Gasteiger charge is -2.19. The molecular formula is C14H19N5. The van der Waals surface area contributed by atoms with E-state index >= 15 is 0 Å². The molecule has 0 fully saturated rings. The Balaban J connectivity index is 2.17. The molecule has 2 aromatic rings. The third-order valence-electron chi connectivity index (χ3n) is 2.92. The van der Waals surface area contributed by atoms with E-state index in [1.807, 2.05) is 30.3 Å². The summed E-state index contributed by atoms with van der Waals surface area (Å²) in [6, 6.07) is 9.51. The van der Waals surface area contributed by atoms with Gasteiger partial charge in [-0.15, -0.1) is 0 Å². The highest BCUT2D eigenvalue weighted by molar-refractivity contribution is 5.61. The Bertz CT molecular complexity index is 520. The molecule has 0 saturated carbocycles. The van der Waals surface area contributed by atoms with Gasteiger partial charge >= 0.3 is 0 Å². The molecule has 19 heavy (non-hydrogen) atoms. The van der Waals surface area contributed by atoms with Crippen LogP contribution in [0.3, 0.4) is 0 Å². The first-order valence-electron chi connectivity index (χ1n) is 6.42. The van der Waals surface area contributed by atoms with Crippen LogP contribution in [-0.2, 0) is 0 Å². The van der Waals surface area contributed by atoms with Gasteiger partial charge in [-0.2, -0.15) is 0 Å². The molecule has 1 heterocycles. The van der Waals surface area contributed by atoms with Crippen molar-refractivity contribution in [3.05, 3.63) is 36.7 Å². The monoisotopic (exact) mass is 257 g/mol. The summed E-state index contributed by atoms with van der Waals surface area (Å²) in [5, 5.41) is 3.24. The number of hydrogen-bond acceptors (Lipinski definition) is 5. The van der Waals surface area contributed by atoms with E-state index in [-0.39, 0.29) is 0 Å². The molecule has 1 aromatic heterocycles. The van der Waals surface area contributed by atoms with Gasteiger partial charge in [0.25, 0.3) is 0 Å². The quantitative estimate of drug-likeness (QED) is 0.806. The highest BCUT2D eigenvalue weighted by atomic mass is 15.2. The first-order valence-corrected chi connectivity index (χ1v) is 6.42. The summed E-state index contributed by atoms with van der Waals surface area (Å²) in [5.41, 5.74) is 7.36. The van der Waals surface area contributed by atoms with Crippen molar-refractivity contribution < 1.29 is 0 Å². The number of nitrogen functional groups attached to an aromatic ring is 1. The molecule has 0 unspecified atom stereocenters. The van der Waals surface area contributed by atoms with Gasteiger partial charge in [-0.05, 0) is 38.1 Å². The molecule has 0 aliphatic heterocycles. The molecule has 5 nitrogen and oxygen atoms in total. The average Bonchev–Trinajstić information content (AvgIpc) is 2.43. The van der Waals surface area contributed by atoms with Crippen molar-refractivity contribution in [1.82, 2.24) is 9.97 Å². The Labute approximate surface area is 113 Å². The van der Waals surface area contributed by atoms with E-state index in [4.69, 9.17) is 5.73 Å². The maximum Gasteiger partial charge on any atom is 0.135 e. The molecule has 0 radical (unpaired) electrons. The number of anilines is 4. The van der Waals surface area contributed by atoms with Crippen molar-refractivity contribution in [3.8, 4) is 0 Å². The second-order valence-corrected chi connectivity index (χ2v) is 4.18. The Morgan fingerprint density at radius 1 is 1.11 bits per heavy atom. The number of nitrogens with one attached hydrogen (secondary N) is 1. The maximum atomic E-state index is 5.66. The molecule has 5 heteroatoms. The topological polar surface area (TPSA) is 67.1 Å². The summed E-state index contributed by atoms with van der Waals surface area (Å²) in [5.74, 6) is 1.71. The van der Waals surface area contributed by atoms with Crippen LogP contribution in [0, 0.1) is 0 Å². The minimum Gasteiger partial charge on any atom is -0.399 e. The van der Waals surface area contributed by atoms with Crippen molar-refractivity contribution >= 4 is 23.0 Å². The van der Waals surface area contributed by atoms with E-state index in [0.717, 1.165) is 36.1 Å². The molecule has 0 spiro atoms. The predicted molar refractivity (Wildman–Crippen MR) is 79.7 cm³/mol. The summed E-state index contributed by atoms with van der Waals surface area (Å²) in [6.07, 6.45) is 1.58. The largest absolute Gasteiger partial charge is 0.399 e. The van der Waals surface area contributed by atoms with E-state index in [1.54, 1.807) is 6.33 Å². The Morgan fingerprint density at radius 2 is 1.79 bits per heavy atom. The van der Waals surface area contributed by atoms with Gasteiger partial charge in [0.1, 0.15) is 18.0 Å². The SMILES string of the molecule is CCN(CC)c1cc(Nc2ccc(N)cc2)ncn1. The summed E-state index contributed by atoms with van der Waals surface area (Å²) < 4.78 is 0. The highest BCUT2D eigenvalue weighted by Gasteiger charge is 2.05. The fourth-order valence-electron chi connectivity index (χ4n) is 1.85. The zero-order valence-corrected chi connectivity index (χ0v) is 11.3. The van der Waals surface area contributed by atoms with Crippen molar-refractivity contribution in [2.24, 2.45) is 0 Å². The Morgan fingerprint density at radius 3 is 2.42 bits per heavy atom. The van der Waals surface area contributed by atoms with Crippen molar-refractivity contribution in [1.29, 1.82) is 0 Å². The molecule has 1 aromatic carbocycles. The van der Waals surface area contributed by atoms with Crippen LogP contribution in [0.5, 0.6) is 0 Å². The van der Waals surface area contributed by atoms with E-state index in [2.05, 4.69) is 34.0 Å². The minimum atomic E-state index is 0.747. The van der Waals surface area contributed by atoms with Gasteiger partial charge in [-0.1, -0.05) is 0 Å². The predicted octanol–water partition coefficient (Wildman–Crippen LogP) is 2.65. The second-order valence-electron chi connectivity index (χ2n) is 4.18. The molecule has 0 aliphatic carbocycles. The van der Waals surface area contributed by atoms with Gasteiger partial charge in [-0.25, -0.2) is 9.97 Å². The minimum absolute atomic E-state index is 0.747. The Hall–Kier alpha value is -2.30. The van der Waals surface area contributed by atoms with E-state index in [9.17, 15) is 0 Å². The lowest BCUT2D eigenvalue weighted by molar-refractivity contribution is 0.842. The van der Waals surface area contributed by atoms with Crippen LogP contribution in [0.4, 0.5) is 23.0 Å². The number of rotatable bonds is 5. The van der Waals surface area contributed by atoms with Crippen LogP contribution in [0.1, 0.15) is 13.8 Å². The molecule has 3 N–H and O–H groups in total. The zero-order valence-electron chi connectivity index (χ0n) is 11.3. The third kappa shape index (κ3) is 3.34. The van der Waals surface area contributed by atoms with Gasteiger partial charge in [0.05, 0.1) is 0 Å². The molecule has 2 rings (SSSR count). The first kappa shape index (κ1) is 13.1. The molecule has 0 saturated heterocycles. The van der Waals surface area contributed by atoms with Crippen LogP contribution in [0.2, 0.25) is 0 Å². The number of hydrogen-bond donors (Lipinski definition) is 2. The molecule has 0 amide bonds. The number of nitrogens with two attached hydrogens (primary N) is 1. The van der Waals surface area contributed by atoms with Crippen LogP contribution < -0.4 is 16.0 Å². The molecule has 0 atom stereocenters. The molecule has 0 bridgehead atoms. The summed E-state index contributed by atoms with van der Waals surface area (Å²) in [6.45, 7) is 6.07. The summed E-state index contributed by atoms with van der Waals surface area (Å²) in [7, 11) is 0. The second kappa shape index (κ2) is 6.04. The normalized spacial score (nSPS) is 10.2. The lowest BCUT2D eigenvalue weighted by atomic mass is 10.3. The number of benzene rings is 1. The van der Waals surface area contributed by atoms with Crippen LogP contribution in [0.15, 0.2) is 36.7 Å². The summed E-state index contributed by atoms with van der Waals surface area (Å²) >= 11 is 0. The Kier molecular flexibility index (Phi) is 4.18. The molecular weight excluding hydrogens is 238 g/mol. The summed E-state index contributed by atoms with van der Waals surface area (Å²) in [4.78, 5) is 10.7. The molecule has 100 valence electrons. The lowest BCUT2D eigenvalue weighted by Crippen LogP contribution is -2.23. The maximum absolute atomic E-state index is 5.66.